The van der Waals surface area contributed by atoms with Gasteiger partial charge in [-0.3, -0.25) is 14.4 Å². The number of rotatable bonds is 24. The molecule has 1 fully saturated rings. The van der Waals surface area contributed by atoms with E-state index in [4.69, 9.17) is 5.11 Å². The van der Waals surface area contributed by atoms with Crippen LogP contribution in [0.1, 0.15) is 123 Å². The highest BCUT2D eigenvalue weighted by Crippen LogP contribution is 2.65. The zero-order valence-corrected chi connectivity index (χ0v) is 27.5. The predicted molar refractivity (Wildman–Crippen MR) is 176 cm³/mol. The summed E-state index contributed by atoms with van der Waals surface area (Å²) < 4.78 is -0.517. The van der Waals surface area contributed by atoms with Crippen LogP contribution in [0.2, 0.25) is 0 Å². The second kappa shape index (κ2) is 23.1. The average molecular weight is 648 g/mol. The Morgan fingerprint density at radius 1 is 0.711 bits per heavy atom. The van der Waals surface area contributed by atoms with Crippen molar-refractivity contribution in [3.05, 3.63) is 0 Å². The smallest absolute Gasteiger partial charge is 0.308 e. The summed E-state index contributed by atoms with van der Waals surface area (Å²) >= 11 is 8.84. The molecule has 38 heavy (non-hydrogen) atoms. The van der Waals surface area contributed by atoms with Gasteiger partial charge in [-0.2, -0.15) is 0 Å². The first-order valence-corrected chi connectivity index (χ1v) is 19.4. The standard InChI is InChI=1S/C26H47NO5S6.H2/c28-22(27-20-16-15-17-21(24(31)32)25-35-37-26(33,34)38-36-25)18-13-11-9-7-5-3-1-2-4-6-8-10-12-14-19-23(29)30;/h21,25,33-34H,1-20H2,(H,27,28)(H,29,30)(H,31,32);1H/t21-;/m0./s1. The van der Waals surface area contributed by atoms with Gasteiger partial charge in [-0.15, -0.1) is 25.3 Å². The van der Waals surface area contributed by atoms with E-state index in [1.807, 2.05) is 0 Å². The van der Waals surface area contributed by atoms with Gasteiger partial charge in [0.15, 0.2) is 2.74 Å². The molecular weight excluding hydrogens is 599 g/mol. The number of aliphatic carboxylic acids is 2. The molecule has 3 N–H and O–H groups in total. The zero-order chi connectivity index (χ0) is 28.1. The number of thiol groups is 2. The molecule has 0 unspecified atom stereocenters. The van der Waals surface area contributed by atoms with Gasteiger partial charge in [-0.1, -0.05) is 127 Å². The van der Waals surface area contributed by atoms with Crippen molar-refractivity contribution in [2.24, 2.45) is 5.92 Å². The summed E-state index contributed by atoms with van der Waals surface area (Å²) in [5, 5.41) is 21.2. The second-order valence-corrected chi connectivity index (χ2v) is 18.5. The molecule has 1 aliphatic heterocycles. The number of carboxylic acid groups (broad SMARTS) is 2. The minimum absolute atomic E-state index is 0. The third-order valence-corrected chi connectivity index (χ3v) is 16.5. The third kappa shape index (κ3) is 20.4. The molecule has 0 aliphatic carbocycles. The first-order chi connectivity index (χ1) is 18.2. The molecule has 0 aromatic heterocycles. The van der Waals surface area contributed by atoms with Crippen molar-refractivity contribution in [3.8, 4) is 0 Å². The second-order valence-electron chi connectivity index (χ2n) is 9.91. The molecule has 1 saturated heterocycles. The molecule has 0 saturated carbocycles. The summed E-state index contributed by atoms with van der Waals surface area (Å²) in [5.41, 5.74) is 0. The number of amides is 1. The van der Waals surface area contributed by atoms with Gasteiger partial charge in [0, 0.05) is 20.8 Å². The Kier molecular flexibility index (Phi) is 22.2. The summed E-state index contributed by atoms with van der Waals surface area (Å²) in [5.74, 6) is -1.75. The van der Waals surface area contributed by atoms with Gasteiger partial charge in [0.05, 0.1) is 10.5 Å². The lowest BCUT2D eigenvalue weighted by molar-refractivity contribution is -0.141. The summed E-state index contributed by atoms with van der Waals surface area (Å²) in [6, 6.07) is 0. The molecule has 1 aliphatic rings. The lowest BCUT2D eigenvalue weighted by Gasteiger charge is -2.32. The topological polar surface area (TPSA) is 104 Å². The summed E-state index contributed by atoms with van der Waals surface area (Å²) in [6.45, 7) is 0.612. The lowest BCUT2D eigenvalue weighted by atomic mass is 10.0. The van der Waals surface area contributed by atoms with E-state index in [1.165, 1.54) is 79.4 Å². The quantitative estimate of drug-likeness (QED) is 0.0304. The number of nitrogens with one attached hydrogen (secondary N) is 1. The molecule has 1 amide bonds. The number of carboxylic acids is 2. The molecule has 224 valence electrons. The minimum Gasteiger partial charge on any atom is -0.481 e. The molecule has 0 aromatic rings. The van der Waals surface area contributed by atoms with Crippen LogP contribution in [0.5, 0.6) is 0 Å². The van der Waals surface area contributed by atoms with Gasteiger partial charge in [-0.25, -0.2) is 0 Å². The van der Waals surface area contributed by atoms with E-state index in [9.17, 15) is 19.5 Å². The fourth-order valence-electron chi connectivity index (χ4n) is 4.25. The lowest BCUT2D eigenvalue weighted by Crippen LogP contribution is -2.26. The van der Waals surface area contributed by atoms with Crippen molar-refractivity contribution in [2.75, 3.05) is 6.54 Å². The van der Waals surface area contributed by atoms with Gasteiger partial charge >= 0.3 is 11.9 Å². The summed E-state index contributed by atoms with van der Waals surface area (Å²) in [4.78, 5) is 34.2. The highest BCUT2D eigenvalue weighted by Gasteiger charge is 2.38. The SMILES string of the molecule is O=C(O)CCCCCCCCCCCCCCCCC(=O)NCCCC[C@@H](C(=O)O)C1SSC(S)(S)SS1.[HH]. The van der Waals surface area contributed by atoms with Gasteiger partial charge < -0.3 is 15.5 Å². The van der Waals surface area contributed by atoms with Crippen LogP contribution in [0.3, 0.4) is 0 Å². The number of carbonyl (C=O) groups is 3. The highest BCUT2D eigenvalue weighted by molar-refractivity contribution is 8.97. The van der Waals surface area contributed by atoms with Crippen LogP contribution < -0.4 is 5.32 Å². The molecular formula is C26H49NO5S6. The van der Waals surface area contributed by atoms with Crippen molar-refractivity contribution in [3.63, 3.8) is 0 Å². The molecule has 0 radical (unpaired) electrons. The largest absolute Gasteiger partial charge is 0.481 e. The van der Waals surface area contributed by atoms with E-state index in [1.54, 1.807) is 21.6 Å². The van der Waals surface area contributed by atoms with Crippen LogP contribution in [-0.2, 0) is 14.4 Å². The van der Waals surface area contributed by atoms with Gasteiger partial charge in [0.1, 0.15) is 0 Å². The fourth-order valence-corrected chi connectivity index (χ4v) is 12.9. The Bertz CT molecular complexity index is 667. The van der Waals surface area contributed by atoms with Crippen molar-refractivity contribution in [1.82, 2.24) is 5.32 Å². The minimum atomic E-state index is -0.760. The molecule has 0 aromatic carbocycles. The van der Waals surface area contributed by atoms with Crippen LogP contribution in [0.25, 0.3) is 0 Å². The summed E-state index contributed by atoms with van der Waals surface area (Å²) in [6.07, 6.45) is 19.5. The Hall–Kier alpha value is 0.510. The Balaban J connectivity index is 0.0000144. The first-order valence-electron chi connectivity index (χ1n) is 14.1. The fraction of sp³-hybridized carbons (Fsp3) is 0.885. The Morgan fingerprint density at radius 3 is 1.61 bits per heavy atom. The van der Waals surface area contributed by atoms with E-state index in [0.717, 1.165) is 44.9 Å². The van der Waals surface area contributed by atoms with Crippen molar-refractivity contribution < 1.29 is 26.0 Å². The van der Waals surface area contributed by atoms with Crippen LogP contribution in [0, 0.1) is 5.92 Å². The number of hydrogen-bond donors (Lipinski definition) is 5. The van der Waals surface area contributed by atoms with E-state index in [0.29, 0.717) is 25.8 Å². The van der Waals surface area contributed by atoms with Crippen LogP contribution in [0.15, 0.2) is 0 Å². The molecule has 1 rings (SSSR count). The molecule has 1 atom stereocenters. The van der Waals surface area contributed by atoms with E-state index >= 15 is 0 Å². The zero-order valence-electron chi connectivity index (χ0n) is 22.4. The maximum absolute atomic E-state index is 12.1. The molecule has 0 spiro atoms. The van der Waals surface area contributed by atoms with Gasteiger partial charge in [0.25, 0.3) is 0 Å². The maximum Gasteiger partial charge on any atom is 0.308 e. The average Bonchev–Trinajstić information content (AvgIpc) is 2.86. The van der Waals surface area contributed by atoms with Crippen molar-refractivity contribution >= 4 is 86.3 Å². The van der Waals surface area contributed by atoms with Gasteiger partial charge in [0.2, 0.25) is 5.91 Å². The van der Waals surface area contributed by atoms with Crippen molar-refractivity contribution in [1.29, 1.82) is 0 Å². The van der Waals surface area contributed by atoms with Crippen molar-refractivity contribution in [2.45, 2.75) is 129 Å². The predicted octanol–water partition coefficient (Wildman–Crippen LogP) is 9.12. The number of carbonyl (C=O) groups excluding carboxylic acids is 1. The molecule has 0 bridgehead atoms. The van der Waals surface area contributed by atoms with Crippen LogP contribution in [0.4, 0.5) is 0 Å². The van der Waals surface area contributed by atoms with Crippen LogP contribution in [-0.4, -0.2) is 41.9 Å². The highest BCUT2D eigenvalue weighted by atomic mass is 33.2. The Labute approximate surface area is 258 Å². The maximum atomic E-state index is 12.1. The third-order valence-electron chi connectivity index (χ3n) is 6.46. The van der Waals surface area contributed by atoms with E-state index < -0.39 is 20.6 Å². The molecule has 6 nitrogen and oxygen atoms in total. The van der Waals surface area contributed by atoms with E-state index in [2.05, 4.69) is 30.6 Å². The van der Waals surface area contributed by atoms with E-state index in [-0.39, 0.29) is 11.9 Å². The van der Waals surface area contributed by atoms with Gasteiger partial charge in [-0.05, 0) is 25.7 Å². The normalized spacial score (nSPS) is 16.3. The number of hydrogen-bond acceptors (Lipinski definition) is 9. The number of unbranched alkanes of at least 4 members (excludes halogenated alkanes) is 14. The Morgan fingerprint density at radius 2 is 1.16 bits per heavy atom. The molecule has 1 heterocycles. The summed E-state index contributed by atoms with van der Waals surface area (Å²) in [7, 11) is 6.08. The molecule has 12 heteroatoms. The monoisotopic (exact) mass is 647 g/mol. The first kappa shape index (κ1) is 36.5. The van der Waals surface area contributed by atoms with Crippen LogP contribution >= 0.6 is 68.4 Å².